The number of ether oxygens (including phenoxy) is 1. The summed E-state index contributed by atoms with van der Waals surface area (Å²) in [6.07, 6.45) is -0.177. The number of aromatic nitrogens is 2. The van der Waals surface area contributed by atoms with E-state index in [0.717, 1.165) is 16.8 Å². The van der Waals surface area contributed by atoms with Crippen molar-refractivity contribution in [2.24, 2.45) is 0 Å². The first-order valence-electron chi connectivity index (χ1n) is 8.78. The first-order valence-corrected chi connectivity index (χ1v) is 9.76. The number of carbonyl (C=O) groups excluding carboxylic acids is 1. The summed E-state index contributed by atoms with van der Waals surface area (Å²) in [4.78, 5) is 29.8. The average molecular weight is 382 g/mol. The lowest BCUT2D eigenvalue weighted by Gasteiger charge is -2.14. The third-order valence-corrected chi connectivity index (χ3v) is 4.81. The summed E-state index contributed by atoms with van der Waals surface area (Å²) >= 11 is 1.21. The predicted octanol–water partition coefficient (Wildman–Crippen LogP) is 4.05. The van der Waals surface area contributed by atoms with Crippen LogP contribution in [-0.4, -0.2) is 27.4 Å². The number of para-hydroxylation sites is 1. The van der Waals surface area contributed by atoms with E-state index in [-0.39, 0.29) is 23.4 Å². The second-order valence-electron chi connectivity index (χ2n) is 6.73. The number of thioether (sulfide) groups is 1. The molecule has 0 saturated heterocycles. The molecule has 0 aliphatic carbocycles. The maximum absolute atomic E-state index is 13.2. The van der Waals surface area contributed by atoms with Gasteiger partial charge in [0, 0.05) is 0 Å². The van der Waals surface area contributed by atoms with Crippen LogP contribution in [0.1, 0.15) is 25.0 Å². The predicted molar refractivity (Wildman–Crippen MR) is 109 cm³/mol. The number of hydrogen-bond donors (Lipinski definition) is 0. The standard InChI is InChI=1S/C21H22N2O3S/c1-13(2)26-19(24)12-27-21-22-18-8-6-5-7-17(18)20(25)23(21)16-10-14(3)9-15(4)11-16/h5-11,13H,12H2,1-4H3. The van der Waals surface area contributed by atoms with Crippen molar-refractivity contribution in [3.63, 3.8) is 0 Å². The Morgan fingerprint density at radius 1 is 1.15 bits per heavy atom. The van der Waals surface area contributed by atoms with Crippen LogP contribution in [0, 0.1) is 13.8 Å². The molecule has 0 amide bonds. The lowest BCUT2D eigenvalue weighted by molar-refractivity contribution is -0.144. The minimum atomic E-state index is -0.329. The van der Waals surface area contributed by atoms with Crippen molar-refractivity contribution in [1.82, 2.24) is 9.55 Å². The number of nitrogens with zero attached hydrogens (tertiary/aromatic N) is 2. The van der Waals surface area contributed by atoms with Gasteiger partial charge >= 0.3 is 5.97 Å². The van der Waals surface area contributed by atoms with Crippen molar-refractivity contribution < 1.29 is 9.53 Å². The molecule has 0 unspecified atom stereocenters. The molecule has 0 N–H and O–H groups in total. The Labute approximate surface area is 162 Å². The van der Waals surface area contributed by atoms with Crippen LogP contribution in [0.5, 0.6) is 0 Å². The lowest BCUT2D eigenvalue weighted by atomic mass is 10.1. The molecule has 0 bridgehead atoms. The molecule has 0 aliphatic heterocycles. The second kappa shape index (κ2) is 7.96. The lowest BCUT2D eigenvalue weighted by Crippen LogP contribution is -2.23. The Morgan fingerprint density at radius 3 is 2.48 bits per heavy atom. The zero-order valence-electron chi connectivity index (χ0n) is 15.9. The summed E-state index contributed by atoms with van der Waals surface area (Å²) in [5.74, 6) is -0.238. The Morgan fingerprint density at radius 2 is 1.81 bits per heavy atom. The molecule has 1 aromatic heterocycles. The summed E-state index contributed by atoms with van der Waals surface area (Å²) in [7, 11) is 0. The summed E-state index contributed by atoms with van der Waals surface area (Å²) in [6, 6.07) is 13.2. The molecule has 0 fully saturated rings. The molecule has 0 aliphatic rings. The molecule has 1 heterocycles. The van der Waals surface area contributed by atoms with Gasteiger partial charge in [0.05, 0.1) is 28.4 Å². The smallest absolute Gasteiger partial charge is 0.316 e. The van der Waals surface area contributed by atoms with Crippen LogP contribution in [0.3, 0.4) is 0 Å². The summed E-state index contributed by atoms with van der Waals surface area (Å²) in [6.45, 7) is 7.59. The van der Waals surface area contributed by atoms with Gasteiger partial charge in [-0.05, 0) is 63.1 Å². The minimum Gasteiger partial charge on any atom is -0.462 e. The Kier molecular flexibility index (Phi) is 5.65. The number of benzene rings is 2. The third-order valence-electron chi connectivity index (χ3n) is 3.90. The zero-order valence-corrected chi connectivity index (χ0v) is 16.7. The zero-order chi connectivity index (χ0) is 19.6. The summed E-state index contributed by atoms with van der Waals surface area (Å²) in [5, 5.41) is 1.02. The van der Waals surface area contributed by atoms with Crippen molar-refractivity contribution in [2.75, 3.05) is 5.75 Å². The number of rotatable bonds is 5. The fourth-order valence-corrected chi connectivity index (χ4v) is 3.73. The first-order chi connectivity index (χ1) is 12.8. The molecule has 5 nitrogen and oxygen atoms in total. The van der Waals surface area contributed by atoms with Crippen molar-refractivity contribution in [2.45, 2.75) is 39.0 Å². The topological polar surface area (TPSA) is 61.2 Å². The number of aryl methyl sites for hydroxylation is 2. The molecule has 0 spiro atoms. The molecule has 0 atom stereocenters. The van der Waals surface area contributed by atoms with Crippen LogP contribution < -0.4 is 5.56 Å². The molecular weight excluding hydrogens is 360 g/mol. The van der Waals surface area contributed by atoms with Crippen molar-refractivity contribution in [3.8, 4) is 5.69 Å². The maximum atomic E-state index is 13.2. The average Bonchev–Trinajstić information content (AvgIpc) is 2.58. The van der Waals surface area contributed by atoms with Crippen molar-refractivity contribution in [1.29, 1.82) is 0 Å². The normalized spacial score (nSPS) is 11.1. The molecular formula is C21H22N2O3S. The van der Waals surface area contributed by atoms with Gasteiger partial charge in [-0.1, -0.05) is 30.0 Å². The molecule has 6 heteroatoms. The van der Waals surface area contributed by atoms with Crippen LogP contribution in [-0.2, 0) is 9.53 Å². The van der Waals surface area contributed by atoms with Gasteiger partial charge in [0.25, 0.3) is 5.56 Å². The SMILES string of the molecule is Cc1cc(C)cc(-n2c(SCC(=O)OC(C)C)nc3ccccc3c2=O)c1. The molecule has 0 radical (unpaired) electrons. The van der Waals surface area contributed by atoms with E-state index in [1.807, 2.05) is 52.0 Å². The molecule has 140 valence electrons. The minimum absolute atomic E-state index is 0.0910. The third kappa shape index (κ3) is 4.39. The Bertz CT molecular complexity index is 1040. The van der Waals surface area contributed by atoms with Crippen LogP contribution >= 0.6 is 11.8 Å². The van der Waals surface area contributed by atoms with E-state index in [1.165, 1.54) is 11.8 Å². The first kappa shape index (κ1) is 19.2. The van der Waals surface area contributed by atoms with Crippen LogP contribution in [0.2, 0.25) is 0 Å². The highest BCUT2D eigenvalue weighted by Gasteiger charge is 2.16. The fraction of sp³-hybridized carbons (Fsp3) is 0.286. The Balaban J connectivity index is 2.12. The molecule has 3 rings (SSSR count). The number of carbonyl (C=O) groups is 1. The van der Waals surface area contributed by atoms with Gasteiger partial charge in [0.15, 0.2) is 5.16 Å². The van der Waals surface area contributed by atoms with Gasteiger partial charge in [-0.25, -0.2) is 4.98 Å². The molecule has 0 saturated carbocycles. The highest BCUT2D eigenvalue weighted by Crippen LogP contribution is 2.23. The van der Waals surface area contributed by atoms with Gasteiger partial charge in [0.2, 0.25) is 0 Å². The summed E-state index contributed by atoms with van der Waals surface area (Å²) < 4.78 is 6.78. The largest absolute Gasteiger partial charge is 0.462 e. The van der Waals surface area contributed by atoms with Crippen molar-refractivity contribution in [3.05, 3.63) is 63.9 Å². The van der Waals surface area contributed by atoms with Gasteiger partial charge in [-0.2, -0.15) is 0 Å². The molecule has 27 heavy (non-hydrogen) atoms. The quantitative estimate of drug-likeness (QED) is 0.378. The number of hydrogen-bond acceptors (Lipinski definition) is 5. The van der Waals surface area contributed by atoms with Gasteiger partial charge in [-0.3, -0.25) is 14.2 Å². The van der Waals surface area contributed by atoms with E-state index in [0.29, 0.717) is 16.1 Å². The van der Waals surface area contributed by atoms with E-state index >= 15 is 0 Å². The maximum Gasteiger partial charge on any atom is 0.316 e. The van der Waals surface area contributed by atoms with Crippen LogP contribution in [0.15, 0.2) is 52.4 Å². The van der Waals surface area contributed by atoms with E-state index in [2.05, 4.69) is 11.1 Å². The monoisotopic (exact) mass is 382 g/mol. The van der Waals surface area contributed by atoms with E-state index < -0.39 is 0 Å². The Hall–Kier alpha value is -2.60. The van der Waals surface area contributed by atoms with Gasteiger partial charge in [0.1, 0.15) is 0 Å². The van der Waals surface area contributed by atoms with E-state index in [4.69, 9.17) is 4.74 Å². The summed E-state index contributed by atoms with van der Waals surface area (Å²) in [5.41, 5.74) is 3.32. The number of esters is 1. The van der Waals surface area contributed by atoms with Crippen molar-refractivity contribution >= 4 is 28.6 Å². The van der Waals surface area contributed by atoms with Crippen LogP contribution in [0.25, 0.3) is 16.6 Å². The highest BCUT2D eigenvalue weighted by molar-refractivity contribution is 7.99. The number of fused-ring (bicyclic) bond motifs is 1. The van der Waals surface area contributed by atoms with E-state index in [1.54, 1.807) is 16.7 Å². The van der Waals surface area contributed by atoms with Gasteiger partial charge < -0.3 is 4.74 Å². The van der Waals surface area contributed by atoms with E-state index in [9.17, 15) is 9.59 Å². The fourth-order valence-electron chi connectivity index (χ4n) is 2.94. The highest BCUT2D eigenvalue weighted by atomic mass is 32.2. The molecule has 2 aromatic carbocycles. The molecule has 3 aromatic rings. The van der Waals surface area contributed by atoms with Crippen LogP contribution in [0.4, 0.5) is 0 Å². The van der Waals surface area contributed by atoms with Gasteiger partial charge in [-0.15, -0.1) is 0 Å². The second-order valence-corrected chi connectivity index (χ2v) is 7.67.